The van der Waals surface area contributed by atoms with Gasteiger partial charge in [0.25, 0.3) is 0 Å². The van der Waals surface area contributed by atoms with E-state index in [1.807, 2.05) is 19.2 Å². The second-order valence-electron chi connectivity index (χ2n) is 6.80. The minimum absolute atomic E-state index is 0.0978. The number of anilines is 1. The maximum Gasteiger partial charge on any atom is 0.146 e. The van der Waals surface area contributed by atoms with Gasteiger partial charge >= 0.3 is 0 Å². The van der Waals surface area contributed by atoms with Crippen LogP contribution in [0.3, 0.4) is 0 Å². The van der Waals surface area contributed by atoms with Gasteiger partial charge in [-0.2, -0.15) is 0 Å². The Bertz CT molecular complexity index is 439. The number of para-hydroxylation sites is 1. The van der Waals surface area contributed by atoms with Crippen molar-refractivity contribution >= 4 is 5.69 Å². The highest BCUT2D eigenvalue weighted by Gasteiger charge is 2.20. The molecule has 1 aromatic rings. The van der Waals surface area contributed by atoms with Crippen LogP contribution in [0.15, 0.2) is 18.2 Å². The van der Waals surface area contributed by atoms with E-state index in [1.165, 1.54) is 25.7 Å². The molecule has 0 aromatic heterocycles. The van der Waals surface area contributed by atoms with Crippen LogP contribution in [0.4, 0.5) is 10.1 Å². The first-order chi connectivity index (χ1) is 10.1. The maximum absolute atomic E-state index is 14.3. The zero-order chi connectivity index (χ0) is 15.2. The molecule has 0 heterocycles. The maximum atomic E-state index is 14.3. The van der Waals surface area contributed by atoms with Crippen molar-refractivity contribution in [3.05, 3.63) is 29.6 Å². The quantitative estimate of drug-likeness (QED) is 0.810. The fourth-order valence-corrected chi connectivity index (χ4v) is 3.30. The van der Waals surface area contributed by atoms with Crippen molar-refractivity contribution in [2.75, 3.05) is 25.0 Å². The predicted molar refractivity (Wildman–Crippen MR) is 88.2 cm³/mol. The van der Waals surface area contributed by atoms with Crippen LogP contribution >= 0.6 is 0 Å². The average Bonchev–Trinajstić information content (AvgIpc) is 2.91. The van der Waals surface area contributed by atoms with Gasteiger partial charge in [-0.25, -0.2) is 4.39 Å². The molecule has 3 heteroatoms. The molecular weight excluding hydrogens is 263 g/mol. The number of hydrogen-bond donors (Lipinski definition) is 1. The Morgan fingerprint density at radius 1 is 1.29 bits per heavy atom. The molecule has 118 valence electrons. The van der Waals surface area contributed by atoms with E-state index < -0.39 is 0 Å². The second kappa shape index (κ2) is 7.79. The van der Waals surface area contributed by atoms with E-state index in [9.17, 15) is 4.39 Å². The molecule has 0 saturated heterocycles. The zero-order valence-electron chi connectivity index (χ0n) is 13.7. The smallest absolute Gasteiger partial charge is 0.146 e. The lowest BCUT2D eigenvalue weighted by Crippen LogP contribution is -2.27. The van der Waals surface area contributed by atoms with Crippen molar-refractivity contribution in [3.63, 3.8) is 0 Å². The van der Waals surface area contributed by atoms with Crippen LogP contribution in [-0.4, -0.2) is 20.1 Å². The van der Waals surface area contributed by atoms with Gasteiger partial charge in [0, 0.05) is 20.1 Å². The molecule has 0 bridgehead atoms. The lowest BCUT2D eigenvalue weighted by molar-refractivity contribution is 0.531. The largest absolute Gasteiger partial charge is 0.372 e. The van der Waals surface area contributed by atoms with Crippen molar-refractivity contribution in [2.24, 2.45) is 11.8 Å². The molecule has 1 saturated carbocycles. The number of hydrogen-bond acceptors (Lipinski definition) is 2. The summed E-state index contributed by atoms with van der Waals surface area (Å²) < 4.78 is 14.3. The third kappa shape index (κ3) is 4.70. The van der Waals surface area contributed by atoms with Gasteiger partial charge in [-0.3, -0.25) is 0 Å². The molecule has 0 amide bonds. The monoisotopic (exact) mass is 292 g/mol. The van der Waals surface area contributed by atoms with Crippen LogP contribution in [0.5, 0.6) is 0 Å². The molecule has 1 N–H and O–H groups in total. The first-order valence-electron chi connectivity index (χ1n) is 8.27. The summed E-state index contributed by atoms with van der Waals surface area (Å²) in [6.45, 7) is 7.04. The van der Waals surface area contributed by atoms with E-state index in [0.717, 1.165) is 36.8 Å². The third-order valence-corrected chi connectivity index (χ3v) is 4.33. The molecule has 1 fully saturated rings. The highest BCUT2D eigenvalue weighted by Crippen LogP contribution is 2.29. The molecule has 0 unspecified atom stereocenters. The summed E-state index contributed by atoms with van der Waals surface area (Å²) in [5.74, 6) is 1.24. The van der Waals surface area contributed by atoms with E-state index in [4.69, 9.17) is 0 Å². The molecule has 1 aliphatic carbocycles. The van der Waals surface area contributed by atoms with Crippen LogP contribution in [0.2, 0.25) is 0 Å². The predicted octanol–water partition coefficient (Wildman–Crippen LogP) is 4.20. The summed E-state index contributed by atoms with van der Waals surface area (Å²) in [5, 5.41) is 3.42. The van der Waals surface area contributed by atoms with Crippen molar-refractivity contribution in [2.45, 2.75) is 46.1 Å². The molecule has 1 aliphatic rings. The molecule has 0 aliphatic heterocycles. The van der Waals surface area contributed by atoms with Crippen molar-refractivity contribution in [3.8, 4) is 0 Å². The molecule has 0 atom stereocenters. The summed E-state index contributed by atoms with van der Waals surface area (Å²) in [6.07, 6.45) is 5.25. The first-order valence-corrected chi connectivity index (χ1v) is 8.27. The van der Waals surface area contributed by atoms with Gasteiger partial charge in [0.2, 0.25) is 0 Å². The highest BCUT2D eigenvalue weighted by molar-refractivity contribution is 5.54. The van der Waals surface area contributed by atoms with Gasteiger partial charge in [-0.15, -0.1) is 0 Å². The van der Waals surface area contributed by atoms with E-state index in [1.54, 1.807) is 6.07 Å². The van der Waals surface area contributed by atoms with E-state index >= 15 is 0 Å². The first kappa shape index (κ1) is 16.3. The zero-order valence-corrected chi connectivity index (χ0v) is 13.7. The second-order valence-corrected chi connectivity index (χ2v) is 6.80. The standard InChI is InChI=1S/C18H29FN2/c1-14(2)11-20-12-16-9-6-10-17(19)18(16)21(3)13-15-7-4-5-8-15/h6,9-10,14-15,20H,4-5,7-8,11-13H2,1-3H3. The van der Waals surface area contributed by atoms with Gasteiger partial charge in [-0.05, 0) is 42.9 Å². The minimum Gasteiger partial charge on any atom is -0.372 e. The van der Waals surface area contributed by atoms with Gasteiger partial charge in [0.1, 0.15) is 5.82 Å². The lowest BCUT2D eigenvalue weighted by atomic mass is 10.1. The lowest BCUT2D eigenvalue weighted by Gasteiger charge is -2.26. The summed E-state index contributed by atoms with van der Waals surface area (Å²) in [4.78, 5) is 2.12. The Hall–Kier alpha value is -1.09. The molecule has 2 rings (SSSR count). The van der Waals surface area contributed by atoms with Crippen molar-refractivity contribution in [1.82, 2.24) is 5.32 Å². The summed E-state index contributed by atoms with van der Waals surface area (Å²) >= 11 is 0. The van der Waals surface area contributed by atoms with Crippen molar-refractivity contribution < 1.29 is 4.39 Å². The Kier molecular flexibility index (Phi) is 6.04. The summed E-state index contributed by atoms with van der Waals surface area (Å²) in [5.41, 5.74) is 1.84. The van der Waals surface area contributed by atoms with Crippen molar-refractivity contribution in [1.29, 1.82) is 0 Å². The van der Waals surface area contributed by atoms with Gasteiger partial charge in [0.05, 0.1) is 5.69 Å². The topological polar surface area (TPSA) is 15.3 Å². The fourth-order valence-electron chi connectivity index (χ4n) is 3.30. The Balaban J connectivity index is 2.04. The molecule has 21 heavy (non-hydrogen) atoms. The molecule has 0 spiro atoms. The van der Waals surface area contributed by atoms with Crippen LogP contribution in [0.25, 0.3) is 0 Å². The highest BCUT2D eigenvalue weighted by atomic mass is 19.1. The number of rotatable bonds is 7. The molecule has 1 aromatic carbocycles. The Morgan fingerprint density at radius 2 is 2.00 bits per heavy atom. The Labute approximate surface area is 128 Å². The van der Waals surface area contributed by atoms with Crippen LogP contribution < -0.4 is 10.2 Å². The normalized spacial score (nSPS) is 15.9. The number of nitrogens with zero attached hydrogens (tertiary/aromatic N) is 1. The SMILES string of the molecule is CC(C)CNCc1cccc(F)c1N(C)CC1CCCC1. The van der Waals surface area contributed by atoms with Gasteiger partial charge < -0.3 is 10.2 Å². The number of nitrogens with one attached hydrogen (secondary N) is 1. The third-order valence-electron chi connectivity index (χ3n) is 4.33. The fraction of sp³-hybridized carbons (Fsp3) is 0.667. The number of benzene rings is 1. The van der Waals surface area contributed by atoms with E-state index in [0.29, 0.717) is 5.92 Å². The molecular formula is C18H29FN2. The summed E-state index contributed by atoms with van der Waals surface area (Å²) in [6, 6.07) is 5.43. The molecule has 0 radical (unpaired) electrons. The summed E-state index contributed by atoms with van der Waals surface area (Å²) in [7, 11) is 2.03. The van der Waals surface area contributed by atoms with Crippen LogP contribution in [-0.2, 0) is 6.54 Å². The molecule has 2 nitrogen and oxygen atoms in total. The number of halogens is 1. The van der Waals surface area contributed by atoms with Crippen LogP contribution in [0, 0.1) is 17.7 Å². The van der Waals surface area contributed by atoms with Gasteiger partial charge in [0.15, 0.2) is 0 Å². The Morgan fingerprint density at radius 3 is 2.67 bits per heavy atom. The minimum atomic E-state index is -0.0978. The van der Waals surface area contributed by atoms with Gasteiger partial charge in [-0.1, -0.05) is 38.8 Å². The van der Waals surface area contributed by atoms with E-state index in [-0.39, 0.29) is 5.82 Å². The van der Waals surface area contributed by atoms with Crippen LogP contribution in [0.1, 0.15) is 45.1 Å². The average molecular weight is 292 g/mol. The van der Waals surface area contributed by atoms with E-state index in [2.05, 4.69) is 24.1 Å².